The van der Waals surface area contributed by atoms with E-state index >= 15 is 0 Å². The van der Waals surface area contributed by atoms with Crippen LogP contribution in [0.3, 0.4) is 0 Å². The number of rotatable bonds is 6. The Hall–Kier alpha value is -2.53. The van der Waals surface area contributed by atoms with Crippen LogP contribution >= 0.6 is 0 Å². The summed E-state index contributed by atoms with van der Waals surface area (Å²) in [5.41, 5.74) is 9.64. The number of nitrogens with one attached hydrogen (secondary N) is 1. The van der Waals surface area contributed by atoms with Crippen LogP contribution in [-0.2, 0) is 11.2 Å². The van der Waals surface area contributed by atoms with Crippen LogP contribution in [0, 0.1) is 0 Å². The summed E-state index contributed by atoms with van der Waals surface area (Å²) in [6.07, 6.45) is 2.99. The lowest BCUT2D eigenvalue weighted by Gasteiger charge is -2.26. The molecule has 0 fully saturated rings. The number of carbonyl (C=O) groups is 1. The van der Waals surface area contributed by atoms with Crippen LogP contribution < -0.4 is 15.8 Å². The first kappa shape index (κ1) is 17.3. The van der Waals surface area contributed by atoms with Crippen molar-refractivity contribution in [3.63, 3.8) is 0 Å². The number of fused-ring (bicyclic) bond motifs is 1. The van der Waals surface area contributed by atoms with Gasteiger partial charge in [-0.1, -0.05) is 12.1 Å². The highest BCUT2D eigenvalue weighted by Crippen LogP contribution is 2.31. The van der Waals surface area contributed by atoms with Crippen molar-refractivity contribution in [1.82, 2.24) is 5.32 Å². The van der Waals surface area contributed by atoms with Crippen LogP contribution in [0.25, 0.3) is 0 Å². The molecule has 5 heteroatoms. The molecule has 1 amide bonds. The van der Waals surface area contributed by atoms with Crippen molar-refractivity contribution in [1.29, 1.82) is 0 Å². The molecule has 132 valence electrons. The first-order chi connectivity index (χ1) is 12.2. The van der Waals surface area contributed by atoms with Crippen molar-refractivity contribution >= 4 is 11.6 Å². The lowest BCUT2D eigenvalue weighted by Crippen LogP contribution is -2.31. The minimum Gasteiger partial charge on any atom is -0.491 e. The second-order valence-corrected chi connectivity index (χ2v) is 6.25. The molecule has 2 aromatic carbocycles. The highest BCUT2D eigenvalue weighted by molar-refractivity contribution is 5.94. The summed E-state index contributed by atoms with van der Waals surface area (Å²) in [5.74, 6) is 0.577. The van der Waals surface area contributed by atoms with Gasteiger partial charge < -0.3 is 20.5 Å². The van der Waals surface area contributed by atoms with Crippen LogP contribution in [0.2, 0.25) is 0 Å². The molecule has 0 bridgehead atoms. The number of nitrogens with two attached hydrogens (primary N) is 1. The first-order valence-electron chi connectivity index (χ1n) is 8.58. The summed E-state index contributed by atoms with van der Waals surface area (Å²) in [6.45, 7) is 0.970. The zero-order valence-corrected chi connectivity index (χ0v) is 14.5. The molecule has 1 atom stereocenters. The van der Waals surface area contributed by atoms with Crippen LogP contribution in [-0.4, -0.2) is 26.2 Å². The molecule has 0 saturated carbocycles. The Morgan fingerprint density at radius 2 is 2.12 bits per heavy atom. The fraction of sp³-hybridized carbons (Fsp3) is 0.350. The number of methoxy groups -OCH3 is 1. The topological polar surface area (TPSA) is 73.6 Å². The molecule has 25 heavy (non-hydrogen) atoms. The standard InChI is InChI=1S/C20H24N2O3/c1-24-10-11-25-17-6-2-5-15(13-17)20(23)22-19-7-3-4-14-12-16(21)8-9-18(14)19/h2,5-6,8-9,12-13,19H,3-4,7,10-11,21H2,1H3,(H,22,23). The van der Waals surface area contributed by atoms with Gasteiger partial charge in [0.1, 0.15) is 12.4 Å². The minimum absolute atomic E-state index is 0.0231. The van der Waals surface area contributed by atoms with Crippen LogP contribution in [0.5, 0.6) is 5.75 Å². The molecule has 2 aromatic rings. The Morgan fingerprint density at radius 3 is 2.96 bits per heavy atom. The highest BCUT2D eigenvalue weighted by Gasteiger charge is 2.22. The summed E-state index contributed by atoms with van der Waals surface area (Å²) in [6, 6.07) is 13.2. The predicted octanol–water partition coefficient (Wildman–Crippen LogP) is 3.10. The quantitative estimate of drug-likeness (QED) is 0.626. The molecule has 0 aromatic heterocycles. The van der Waals surface area contributed by atoms with Crippen molar-refractivity contribution < 1.29 is 14.3 Å². The van der Waals surface area contributed by atoms with Gasteiger partial charge >= 0.3 is 0 Å². The Balaban J connectivity index is 1.70. The second-order valence-electron chi connectivity index (χ2n) is 6.25. The zero-order valence-electron chi connectivity index (χ0n) is 14.5. The van der Waals surface area contributed by atoms with Gasteiger partial charge in [-0.05, 0) is 60.7 Å². The molecule has 0 radical (unpaired) electrons. The van der Waals surface area contributed by atoms with Gasteiger partial charge in [0.05, 0.1) is 12.6 Å². The van der Waals surface area contributed by atoms with Crippen LogP contribution in [0.1, 0.15) is 40.4 Å². The Bertz CT molecular complexity index is 745. The number of carbonyl (C=O) groups excluding carboxylic acids is 1. The zero-order chi connectivity index (χ0) is 17.6. The number of nitrogen functional groups attached to an aromatic ring is 1. The Labute approximate surface area is 148 Å². The highest BCUT2D eigenvalue weighted by atomic mass is 16.5. The predicted molar refractivity (Wildman–Crippen MR) is 97.8 cm³/mol. The molecule has 1 aliphatic rings. The van der Waals surface area contributed by atoms with Gasteiger partial charge in [-0.2, -0.15) is 0 Å². The summed E-state index contributed by atoms with van der Waals surface area (Å²) in [7, 11) is 1.63. The van der Waals surface area contributed by atoms with Gasteiger partial charge in [-0.25, -0.2) is 0 Å². The van der Waals surface area contributed by atoms with E-state index in [4.69, 9.17) is 15.2 Å². The molecule has 0 aliphatic heterocycles. The fourth-order valence-corrected chi connectivity index (χ4v) is 3.20. The smallest absolute Gasteiger partial charge is 0.251 e. The summed E-state index contributed by atoms with van der Waals surface area (Å²) < 4.78 is 10.5. The summed E-state index contributed by atoms with van der Waals surface area (Å²) >= 11 is 0. The molecule has 0 saturated heterocycles. The Morgan fingerprint density at radius 1 is 1.24 bits per heavy atom. The van der Waals surface area contributed by atoms with E-state index in [0.717, 1.165) is 24.9 Å². The van der Waals surface area contributed by atoms with Gasteiger partial charge in [0, 0.05) is 18.4 Å². The van der Waals surface area contributed by atoms with Crippen molar-refractivity contribution in [3.8, 4) is 5.75 Å². The van der Waals surface area contributed by atoms with E-state index in [2.05, 4.69) is 5.32 Å². The van der Waals surface area contributed by atoms with Crippen LogP contribution in [0.15, 0.2) is 42.5 Å². The normalized spacial score (nSPS) is 16.1. The van der Waals surface area contributed by atoms with Gasteiger partial charge in [-0.15, -0.1) is 0 Å². The average molecular weight is 340 g/mol. The van der Waals surface area contributed by atoms with E-state index in [1.54, 1.807) is 19.2 Å². The number of anilines is 1. The van der Waals surface area contributed by atoms with Gasteiger partial charge in [-0.3, -0.25) is 4.79 Å². The molecule has 1 aliphatic carbocycles. The Kier molecular flexibility index (Phi) is 5.56. The summed E-state index contributed by atoms with van der Waals surface area (Å²) in [4.78, 5) is 12.7. The first-order valence-corrected chi connectivity index (χ1v) is 8.58. The van der Waals surface area contributed by atoms with Crippen molar-refractivity contribution in [2.45, 2.75) is 25.3 Å². The van der Waals surface area contributed by atoms with E-state index in [1.807, 2.05) is 30.3 Å². The number of ether oxygens (including phenoxy) is 2. The number of amides is 1. The van der Waals surface area contributed by atoms with Gasteiger partial charge in [0.15, 0.2) is 0 Å². The maximum Gasteiger partial charge on any atom is 0.251 e. The SMILES string of the molecule is COCCOc1cccc(C(=O)NC2CCCc3cc(N)ccc32)c1. The average Bonchev–Trinajstić information content (AvgIpc) is 2.62. The van der Waals surface area contributed by atoms with E-state index in [1.165, 1.54) is 11.1 Å². The van der Waals surface area contributed by atoms with Crippen molar-refractivity contribution in [3.05, 3.63) is 59.2 Å². The minimum atomic E-state index is -0.0909. The molecule has 0 spiro atoms. The molecular formula is C20H24N2O3. The third-order valence-electron chi connectivity index (χ3n) is 4.44. The van der Waals surface area contributed by atoms with E-state index in [-0.39, 0.29) is 11.9 Å². The summed E-state index contributed by atoms with van der Waals surface area (Å²) in [5, 5.41) is 3.15. The number of hydrogen-bond donors (Lipinski definition) is 2. The third kappa shape index (κ3) is 4.31. The number of aryl methyl sites for hydroxylation is 1. The maximum absolute atomic E-state index is 12.7. The molecule has 5 nitrogen and oxygen atoms in total. The molecule has 3 rings (SSSR count). The van der Waals surface area contributed by atoms with Gasteiger partial charge in [0.2, 0.25) is 0 Å². The molecule has 0 heterocycles. The monoisotopic (exact) mass is 340 g/mol. The van der Waals surface area contributed by atoms with E-state index < -0.39 is 0 Å². The second kappa shape index (κ2) is 8.03. The van der Waals surface area contributed by atoms with E-state index in [9.17, 15) is 4.79 Å². The van der Waals surface area contributed by atoms with Crippen LogP contribution in [0.4, 0.5) is 5.69 Å². The number of benzene rings is 2. The lowest BCUT2D eigenvalue weighted by atomic mass is 9.87. The molecule has 1 unspecified atom stereocenters. The van der Waals surface area contributed by atoms with Crippen molar-refractivity contribution in [2.75, 3.05) is 26.1 Å². The third-order valence-corrected chi connectivity index (χ3v) is 4.44. The van der Waals surface area contributed by atoms with Gasteiger partial charge in [0.25, 0.3) is 5.91 Å². The maximum atomic E-state index is 12.7. The molecular weight excluding hydrogens is 316 g/mol. The number of hydrogen-bond acceptors (Lipinski definition) is 4. The largest absolute Gasteiger partial charge is 0.491 e. The lowest BCUT2D eigenvalue weighted by molar-refractivity contribution is 0.0932. The van der Waals surface area contributed by atoms with E-state index in [0.29, 0.717) is 24.5 Å². The molecule has 3 N–H and O–H groups in total. The fourth-order valence-electron chi connectivity index (χ4n) is 3.20. The van der Waals surface area contributed by atoms with Crippen molar-refractivity contribution in [2.24, 2.45) is 0 Å².